The minimum atomic E-state index is -4.35. The number of nitrogens with one attached hydrogen (secondary N) is 1. The summed E-state index contributed by atoms with van der Waals surface area (Å²) in [4.78, 5) is 10.4. The van der Waals surface area contributed by atoms with E-state index in [1.807, 2.05) is 5.32 Å². The summed E-state index contributed by atoms with van der Waals surface area (Å²) in [6.07, 6.45) is -4.35. The highest BCUT2D eigenvalue weighted by Gasteiger charge is 2.59. The summed E-state index contributed by atoms with van der Waals surface area (Å²) in [6.45, 7) is 0. The van der Waals surface area contributed by atoms with E-state index in [1.165, 1.54) is 0 Å². The summed E-state index contributed by atoms with van der Waals surface area (Å²) in [6, 6.07) is -2.91. The van der Waals surface area contributed by atoms with Gasteiger partial charge in [-0.1, -0.05) is 0 Å². The molecule has 0 aliphatic carbocycles. The first-order valence-corrected chi connectivity index (χ1v) is 2.87. The molecule has 0 aromatic carbocycles. The van der Waals surface area contributed by atoms with Crippen LogP contribution in [0.1, 0.15) is 0 Å². The van der Waals surface area contributed by atoms with E-state index >= 15 is 0 Å². The molecule has 1 heterocycles. The summed E-state index contributed by atoms with van der Waals surface area (Å²) in [5, 5.41) is 1.96. The third kappa shape index (κ3) is 1.62. The van der Waals surface area contributed by atoms with Crippen LogP contribution in [0.15, 0.2) is 0 Å². The molecule has 11 heavy (non-hydrogen) atoms. The van der Waals surface area contributed by atoms with Crippen LogP contribution in [-0.2, 0) is 9.53 Å². The summed E-state index contributed by atoms with van der Waals surface area (Å²) < 4.78 is 39.2. The molecule has 0 aromatic rings. The molecule has 2 unspecified atom stereocenters. The average molecular weight is 169 g/mol. The van der Waals surface area contributed by atoms with E-state index in [2.05, 4.69) is 4.74 Å². The molecule has 2 atom stereocenters. The SMILES string of the molecule is COC(=O)C1NC1C(F)(F)F. The molecule has 1 fully saturated rings. The maximum Gasteiger partial charge on any atom is 0.405 e. The number of rotatable bonds is 1. The van der Waals surface area contributed by atoms with Crippen molar-refractivity contribution in [1.82, 2.24) is 5.32 Å². The van der Waals surface area contributed by atoms with E-state index in [1.54, 1.807) is 0 Å². The Kier molecular flexibility index (Phi) is 1.79. The molecule has 0 aromatic heterocycles. The minimum Gasteiger partial charge on any atom is -0.468 e. The Labute approximate surface area is 60.5 Å². The molecule has 1 aliphatic heterocycles. The first kappa shape index (κ1) is 8.32. The number of halogens is 3. The maximum atomic E-state index is 11.7. The van der Waals surface area contributed by atoms with Crippen molar-refractivity contribution in [3.63, 3.8) is 0 Å². The van der Waals surface area contributed by atoms with Gasteiger partial charge >= 0.3 is 12.1 Å². The molecule has 1 N–H and O–H groups in total. The summed E-state index contributed by atoms with van der Waals surface area (Å²) >= 11 is 0. The van der Waals surface area contributed by atoms with Crippen molar-refractivity contribution in [1.29, 1.82) is 0 Å². The highest BCUT2D eigenvalue weighted by Crippen LogP contribution is 2.31. The normalized spacial score (nSPS) is 29.8. The molecule has 0 amide bonds. The molecule has 64 valence electrons. The van der Waals surface area contributed by atoms with Crippen molar-refractivity contribution in [2.75, 3.05) is 7.11 Å². The number of hydrogen-bond acceptors (Lipinski definition) is 3. The second-order valence-corrected chi connectivity index (χ2v) is 2.19. The molecule has 0 bridgehead atoms. The van der Waals surface area contributed by atoms with Crippen LogP contribution in [0.2, 0.25) is 0 Å². The summed E-state index contributed by atoms with van der Waals surface area (Å²) in [7, 11) is 1.05. The van der Waals surface area contributed by atoms with Crippen LogP contribution in [0, 0.1) is 0 Å². The molecule has 0 saturated carbocycles. The van der Waals surface area contributed by atoms with E-state index in [-0.39, 0.29) is 0 Å². The fourth-order valence-corrected chi connectivity index (χ4v) is 0.752. The largest absolute Gasteiger partial charge is 0.468 e. The van der Waals surface area contributed by atoms with Crippen LogP contribution in [-0.4, -0.2) is 31.3 Å². The zero-order valence-electron chi connectivity index (χ0n) is 5.61. The minimum absolute atomic E-state index is 0.868. The van der Waals surface area contributed by atoms with Gasteiger partial charge < -0.3 is 4.74 Å². The highest BCUT2D eigenvalue weighted by molar-refractivity contribution is 5.80. The predicted octanol–water partition coefficient (Wildman–Crippen LogP) is 0.0621. The Bertz CT molecular complexity index is 179. The van der Waals surface area contributed by atoms with Gasteiger partial charge in [0.1, 0.15) is 12.1 Å². The lowest BCUT2D eigenvalue weighted by Gasteiger charge is -2.00. The smallest absolute Gasteiger partial charge is 0.405 e. The lowest BCUT2D eigenvalue weighted by Crippen LogP contribution is -2.23. The monoisotopic (exact) mass is 169 g/mol. The third-order valence-corrected chi connectivity index (χ3v) is 1.39. The molecule has 1 saturated heterocycles. The summed E-state index contributed by atoms with van der Waals surface area (Å²) in [5.41, 5.74) is 0. The van der Waals surface area contributed by atoms with Gasteiger partial charge in [-0.25, -0.2) is 0 Å². The van der Waals surface area contributed by atoms with Gasteiger partial charge in [-0.05, 0) is 0 Å². The Balaban J connectivity index is 2.44. The predicted molar refractivity (Wildman–Crippen MR) is 28.8 cm³/mol. The van der Waals surface area contributed by atoms with Crippen molar-refractivity contribution in [2.24, 2.45) is 0 Å². The molecule has 1 aliphatic rings. The second kappa shape index (κ2) is 2.37. The van der Waals surface area contributed by atoms with E-state index < -0.39 is 24.2 Å². The molecular weight excluding hydrogens is 163 g/mol. The van der Waals surface area contributed by atoms with Gasteiger partial charge in [0.2, 0.25) is 0 Å². The van der Waals surface area contributed by atoms with Gasteiger partial charge in [-0.15, -0.1) is 0 Å². The van der Waals surface area contributed by atoms with Gasteiger partial charge in [-0.2, -0.15) is 13.2 Å². The number of carbonyl (C=O) groups excluding carboxylic acids is 1. The fourth-order valence-electron chi connectivity index (χ4n) is 0.752. The van der Waals surface area contributed by atoms with E-state index in [4.69, 9.17) is 0 Å². The number of esters is 1. The molecule has 0 radical (unpaired) electrons. The van der Waals surface area contributed by atoms with Crippen LogP contribution in [0.5, 0.6) is 0 Å². The van der Waals surface area contributed by atoms with Gasteiger partial charge in [0, 0.05) is 0 Å². The van der Waals surface area contributed by atoms with Crippen LogP contribution in [0.4, 0.5) is 13.2 Å². The van der Waals surface area contributed by atoms with Crippen LogP contribution in [0.3, 0.4) is 0 Å². The molecular formula is C5H6F3NO2. The van der Waals surface area contributed by atoms with Crippen LogP contribution < -0.4 is 5.32 Å². The maximum absolute atomic E-state index is 11.7. The third-order valence-electron chi connectivity index (χ3n) is 1.39. The summed E-state index contributed by atoms with van der Waals surface area (Å²) in [5.74, 6) is -0.868. The highest BCUT2D eigenvalue weighted by atomic mass is 19.4. The second-order valence-electron chi connectivity index (χ2n) is 2.19. The molecule has 0 spiro atoms. The van der Waals surface area contributed by atoms with Crippen molar-refractivity contribution in [3.8, 4) is 0 Å². The Morgan fingerprint density at radius 3 is 2.36 bits per heavy atom. The Morgan fingerprint density at radius 2 is 2.09 bits per heavy atom. The van der Waals surface area contributed by atoms with Gasteiger partial charge in [0.15, 0.2) is 0 Å². The molecule has 1 rings (SSSR count). The first-order valence-electron chi connectivity index (χ1n) is 2.87. The number of hydrogen-bond donors (Lipinski definition) is 1. The van der Waals surface area contributed by atoms with Crippen LogP contribution >= 0.6 is 0 Å². The van der Waals surface area contributed by atoms with E-state index in [0.717, 1.165) is 7.11 Å². The topological polar surface area (TPSA) is 48.2 Å². The van der Waals surface area contributed by atoms with Gasteiger partial charge in [0.25, 0.3) is 0 Å². The van der Waals surface area contributed by atoms with Crippen LogP contribution in [0.25, 0.3) is 0 Å². The standard InChI is InChI=1S/C5H6F3NO2/c1-11-4(10)2-3(9-2)5(6,7)8/h2-3,9H,1H3. The Morgan fingerprint density at radius 1 is 1.55 bits per heavy atom. The molecule has 6 heteroatoms. The van der Waals surface area contributed by atoms with E-state index in [9.17, 15) is 18.0 Å². The lowest BCUT2D eigenvalue weighted by atomic mass is 10.3. The fraction of sp³-hybridized carbons (Fsp3) is 0.800. The zero-order chi connectivity index (χ0) is 8.65. The van der Waals surface area contributed by atoms with Gasteiger partial charge in [0.05, 0.1) is 7.11 Å². The first-order chi connectivity index (χ1) is 4.96. The average Bonchev–Trinajstić information content (AvgIpc) is 2.62. The number of methoxy groups -OCH3 is 1. The van der Waals surface area contributed by atoms with Crippen molar-refractivity contribution >= 4 is 5.97 Å². The number of carbonyl (C=O) groups is 1. The lowest BCUT2D eigenvalue weighted by molar-refractivity contribution is -0.147. The van der Waals surface area contributed by atoms with Crippen molar-refractivity contribution < 1.29 is 22.7 Å². The van der Waals surface area contributed by atoms with E-state index in [0.29, 0.717) is 0 Å². The van der Waals surface area contributed by atoms with Gasteiger partial charge in [-0.3, -0.25) is 10.1 Å². The van der Waals surface area contributed by atoms with Crippen molar-refractivity contribution in [2.45, 2.75) is 18.3 Å². The Hall–Kier alpha value is -0.780. The van der Waals surface area contributed by atoms with Crippen molar-refractivity contribution in [3.05, 3.63) is 0 Å². The zero-order valence-corrected chi connectivity index (χ0v) is 5.61. The number of ether oxygens (including phenoxy) is 1. The number of alkyl halides is 3. The molecule has 3 nitrogen and oxygen atoms in total. The quantitative estimate of drug-likeness (QED) is 0.446.